The van der Waals surface area contributed by atoms with Crippen LogP contribution >= 0.6 is 0 Å². The quantitative estimate of drug-likeness (QED) is 0.822. The Kier molecular flexibility index (Phi) is 3.56. The average molecular weight is 222 g/mol. The molecular weight excluding hydrogens is 203 g/mol. The van der Waals surface area contributed by atoms with Crippen LogP contribution in [0.25, 0.3) is 0 Å². The maximum absolute atomic E-state index is 13.4. The molecule has 0 aliphatic carbocycles. The molecule has 0 saturated carbocycles. The van der Waals surface area contributed by atoms with Crippen LogP contribution in [0.3, 0.4) is 0 Å². The fourth-order valence-electron chi connectivity index (χ4n) is 2.16. The number of benzene rings is 1. The Morgan fingerprint density at radius 2 is 2.31 bits per heavy atom. The summed E-state index contributed by atoms with van der Waals surface area (Å²) in [5.74, 6) is -0.0970. The topological polar surface area (TPSA) is 15.3 Å². The van der Waals surface area contributed by atoms with Gasteiger partial charge in [0, 0.05) is 32.2 Å². The minimum atomic E-state index is -0.0970. The van der Waals surface area contributed by atoms with Crippen LogP contribution in [-0.4, -0.2) is 30.6 Å². The smallest absolute Gasteiger partial charge is 0.126 e. The predicted octanol–water partition coefficient (Wildman–Crippen LogP) is 1.93. The largest absolute Gasteiger partial charge is 0.314 e. The molecule has 0 unspecified atom stereocenters. The van der Waals surface area contributed by atoms with E-state index in [0.29, 0.717) is 6.04 Å². The molecule has 1 saturated heterocycles. The van der Waals surface area contributed by atoms with Gasteiger partial charge < -0.3 is 5.32 Å². The molecule has 1 heterocycles. The highest BCUT2D eigenvalue weighted by atomic mass is 19.1. The van der Waals surface area contributed by atoms with Gasteiger partial charge >= 0.3 is 0 Å². The van der Waals surface area contributed by atoms with Crippen LogP contribution in [0.4, 0.5) is 4.39 Å². The molecule has 1 aliphatic heterocycles. The van der Waals surface area contributed by atoms with E-state index in [1.54, 1.807) is 6.07 Å². The molecule has 2 rings (SSSR count). The number of hydrogen-bond acceptors (Lipinski definition) is 2. The van der Waals surface area contributed by atoms with Crippen molar-refractivity contribution in [3.63, 3.8) is 0 Å². The van der Waals surface area contributed by atoms with Crippen LogP contribution in [0.1, 0.15) is 18.1 Å². The van der Waals surface area contributed by atoms with E-state index in [1.165, 1.54) is 6.07 Å². The van der Waals surface area contributed by atoms with Crippen LogP contribution in [-0.2, 0) is 6.54 Å². The Labute approximate surface area is 96.5 Å². The molecule has 1 aromatic rings. The first kappa shape index (κ1) is 11.6. The average Bonchev–Trinajstić information content (AvgIpc) is 2.28. The van der Waals surface area contributed by atoms with Gasteiger partial charge in [0.1, 0.15) is 5.82 Å². The summed E-state index contributed by atoms with van der Waals surface area (Å²) in [6.45, 7) is 8.01. The van der Waals surface area contributed by atoms with E-state index >= 15 is 0 Å². The van der Waals surface area contributed by atoms with Crippen LogP contribution in [0.2, 0.25) is 0 Å². The van der Waals surface area contributed by atoms with E-state index < -0.39 is 0 Å². The van der Waals surface area contributed by atoms with Crippen LogP contribution in [0.5, 0.6) is 0 Å². The number of hydrogen-bond donors (Lipinski definition) is 1. The number of piperazine rings is 1. The molecule has 0 radical (unpaired) electrons. The van der Waals surface area contributed by atoms with E-state index in [0.717, 1.165) is 37.3 Å². The lowest BCUT2D eigenvalue weighted by Crippen LogP contribution is -2.49. The molecule has 0 amide bonds. The standard InChI is InChI=1S/C13H19FN2/c1-10-8-15-6-7-16(10)9-12-4-3-5-13(14)11(12)2/h3-5,10,15H,6-9H2,1-2H3/t10-/m0/s1. The van der Waals surface area contributed by atoms with Crippen molar-refractivity contribution in [3.05, 3.63) is 35.1 Å². The first-order chi connectivity index (χ1) is 7.68. The van der Waals surface area contributed by atoms with Gasteiger partial charge in [0.05, 0.1) is 0 Å². The highest BCUT2D eigenvalue weighted by Crippen LogP contribution is 2.16. The molecule has 1 N–H and O–H groups in total. The molecule has 0 spiro atoms. The van der Waals surface area contributed by atoms with Gasteiger partial charge in [-0.15, -0.1) is 0 Å². The summed E-state index contributed by atoms with van der Waals surface area (Å²) in [6, 6.07) is 5.87. The lowest BCUT2D eigenvalue weighted by Gasteiger charge is -2.34. The van der Waals surface area contributed by atoms with Crippen LogP contribution in [0.15, 0.2) is 18.2 Å². The summed E-state index contributed by atoms with van der Waals surface area (Å²) in [6.07, 6.45) is 0. The fourth-order valence-corrected chi connectivity index (χ4v) is 2.16. The first-order valence-electron chi connectivity index (χ1n) is 5.87. The Morgan fingerprint density at radius 1 is 1.50 bits per heavy atom. The second-order valence-electron chi connectivity index (χ2n) is 4.55. The van der Waals surface area contributed by atoms with Gasteiger partial charge in [-0.05, 0) is 31.0 Å². The minimum Gasteiger partial charge on any atom is -0.314 e. The van der Waals surface area contributed by atoms with Crippen molar-refractivity contribution in [2.24, 2.45) is 0 Å². The fraction of sp³-hybridized carbons (Fsp3) is 0.538. The third-order valence-electron chi connectivity index (χ3n) is 3.39. The summed E-state index contributed by atoms with van der Waals surface area (Å²) in [4.78, 5) is 2.40. The van der Waals surface area contributed by atoms with Gasteiger partial charge in [-0.1, -0.05) is 12.1 Å². The molecule has 1 fully saturated rings. The molecular formula is C13H19FN2. The zero-order chi connectivity index (χ0) is 11.5. The maximum Gasteiger partial charge on any atom is 0.126 e. The number of rotatable bonds is 2. The summed E-state index contributed by atoms with van der Waals surface area (Å²) in [5, 5.41) is 3.36. The summed E-state index contributed by atoms with van der Waals surface area (Å²) in [5.41, 5.74) is 1.89. The second kappa shape index (κ2) is 4.93. The molecule has 16 heavy (non-hydrogen) atoms. The summed E-state index contributed by atoms with van der Waals surface area (Å²) in [7, 11) is 0. The molecule has 2 nitrogen and oxygen atoms in total. The Balaban J connectivity index is 2.10. The van der Waals surface area contributed by atoms with E-state index in [2.05, 4.69) is 17.1 Å². The Bertz CT molecular complexity index is 365. The van der Waals surface area contributed by atoms with Crippen molar-refractivity contribution in [2.75, 3.05) is 19.6 Å². The highest BCUT2D eigenvalue weighted by molar-refractivity contribution is 5.27. The van der Waals surface area contributed by atoms with E-state index in [-0.39, 0.29) is 5.82 Å². The van der Waals surface area contributed by atoms with Crippen molar-refractivity contribution < 1.29 is 4.39 Å². The Morgan fingerprint density at radius 3 is 3.06 bits per heavy atom. The second-order valence-corrected chi connectivity index (χ2v) is 4.55. The number of nitrogens with zero attached hydrogens (tertiary/aromatic N) is 1. The molecule has 1 aliphatic rings. The van der Waals surface area contributed by atoms with Gasteiger partial charge in [0.25, 0.3) is 0 Å². The van der Waals surface area contributed by atoms with Crippen molar-refractivity contribution >= 4 is 0 Å². The normalized spacial score (nSPS) is 22.3. The predicted molar refractivity (Wildman–Crippen MR) is 63.9 cm³/mol. The zero-order valence-electron chi connectivity index (χ0n) is 9.96. The maximum atomic E-state index is 13.4. The SMILES string of the molecule is Cc1c(F)cccc1CN1CCNC[C@@H]1C. The van der Waals surface area contributed by atoms with Crippen molar-refractivity contribution in [1.82, 2.24) is 10.2 Å². The molecule has 1 atom stereocenters. The van der Waals surface area contributed by atoms with E-state index in [1.807, 2.05) is 13.0 Å². The van der Waals surface area contributed by atoms with E-state index in [4.69, 9.17) is 0 Å². The molecule has 88 valence electrons. The number of nitrogens with one attached hydrogen (secondary N) is 1. The molecule has 0 aromatic heterocycles. The van der Waals surface area contributed by atoms with Gasteiger partial charge in [-0.2, -0.15) is 0 Å². The number of halogens is 1. The van der Waals surface area contributed by atoms with Gasteiger partial charge in [-0.3, -0.25) is 4.90 Å². The van der Waals surface area contributed by atoms with Crippen molar-refractivity contribution in [3.8, 4) is 0 Å². The zero-order valence-corrected chi connectivity index (χ0v) is 9.96. The van der Waals surface area contributed by atoms with Gasteiger partial charge in [0.2, 0.25) is 0 Å². The minimum absolute atomic E-state index is 0.0970. The van der Waals surface area contributed by atoms with Crippen molar-refractivity contribution in [1.29, 1.82) is 0 Å². The van der Waals surface area contributed by atoms with Crippen molar-refractivity contribution in [2.45, 2.75) is 26.4 Å². The van der Waals surface area contributed by atoms with Crippen LogP contribution in [0, 0.1) is 12.7 Å². The molecule has 3 heteroatoms. The molecule has 0 bridgehead atoms. The van der Waals surface area contributed by atoms with Crippen LogP contribution < -0.4 is 5.32 Å². The summed E-state index contributed by atoms with van der Waals surface area (Å²) >= 11 is 0. The summed E-state index contributed by atoms with van der Waals surface area (Å²) < 4.78 is 13.4. The van der Waals surface area contributed by atoms with Gasteiger partial charge in [-0.25, -0.2) is 4.39 Å². The molecule has 1 aromatic carbocycles. The van der Waals surface area contributed by atoms with Gasteiger partial charge in [0.15, 0.2) is 0 Å². The monoisotopic (exact) mass is 222 g/mol. The third-order valence-corrected chi connectivity index (χ3v) is 3.39. The Hall–Kier alpha value is -0.930. The third kappa shape index (κ3) is 2.42. The lowest BCUT2D eigenvalue weighted by atomic mass is 10.1. The van der Waals surface area contributed by atoms with E-state index in [9.17, 15) is 4.39 Å². The first-order valence-corrected chi connectivity index (χ1v) is 5.87. The lowest BCUT2D eigenvalue weighted by molar-refractivity contribution is 0.165. The highest BCUT2D eigenvalue weighted by Gasteiger charge is 2.18.